The van der Waals surface area contributed by atoms with Crippen LogP contribution in [-0.4, -0.2) is 31.4 Å². The van der Waals surface area contributed by atoms with Gasteiger partial charge in [-0.05, 0) is 0 Å². The van der Waals surface area contributed by atoms with Gasteiger partial charge in [-0.15, -0.1) is 17.0 Å². The summed E-state index contributed by atoms with van der Waals surface area (Å²) in [5.41, 5.74) is 8.61. The van der Waals surface area contributed by atoms with Gasteiger partial charge in [0.25, 0.3) is 0 Å². The SMILES string of the molecule is Br.N=C(N)[Se]Cc1ccc(CN2C(=O)C(=O)c3ccccc32)cc1. The molecule has 1 aliphatic heterocycles. The number of carbonyl (C=O) groups is 2. The monoisotopic (exact) mass is 453 g/mol. The number of amides is 1. The number of nitrogens with zero attached hydrogens (tertiary/aromatic N) is 1. The molecule has 0 fully saturated rings. The Bertz CT molecular complexity index is 793. The van der Waals surface area contributed by atoms with Gasteiger partial charge in [0, 0.05) is 0 Å². The van der Waals surface area contributed by atoms with E-state index in [0.717, 1.165) is 16.4 Å². The third-order valence-corrected chi connectivity index (χ3v) is 5.29. The number of benzene rings is 2. The van der Waals surface area contributed by atoms with Gasteiger partial charge in [0.15, 0.2) is 0 Å². The Kier molecular flexibility index (Phi) is 5.94. The minimum absolute atomic E-state index is 0. The maximum absolute atomic E-state index is 12.2. The first kappa shape index (κ1) is 18.4. The van der Waals surface area contributed by atoms with E-state index in [0.29, 0.717) is 17.8 Å². The molecule has 7 heteroatoms. The summed E-state index contributed by atoms with van der Waals surface area (Å²) in [4.78, 5) is 25.7. The van der Waals surface area contributed by atoms with Crippen LogP contribution >= 0.6 is 17.0 Å². The van der Waals surface area contributed by atoms with E-state index < -0.39 is 11.7 Å². The van der Waals surface area contributed by atoms with E-state index in [9.17, 15) is 9.59 Å². The van der Waals surface area contributed by atoms with Crippen LogP contribution in [0.5, 0.6) is 0 Å². The number of halogens is 1. The van der Waals surface area contributed by atoms with Crippen molar-refractivity contribution in [2.75, 3.05) is 4.90 Å². The van der Waals surface area contributed by atoms with Crippen LogP contribution < -0.4 is 10.6 Å². The standard InChI is InChI=1S/C17H15N3O2Se.BrH/c18-17(19)23-10-12-7-5-11(6-8-12)9-20-14-4-2-1-3-13(14)15(21)16(20)22;/h1-8H,9-10H2,(H3,18,19);1H. The topological polar surface area (TPSA) is 87.2 Å². The second-order valence-corrected chi connectivity index (χ2v) is 7.34. The van der Waals surface area contributed by atoms with Crippen molar-refractivity contribution in [3.05, 3.63) is 65.2 Å². The van der Waals surface area contributed by atoms with Gasteiger partial charge >= 0.3 is 140 Å². The number of hydrogen-bond donors (Lipinski definition) is 2. The van der Waals surface area contributed by atoms with Crippen molar-refractivity contribution in [3.63, 3.8) is 0 Å². The summed E-state index contributed by atoms with van der Waals surface area (Å²) in [6.45, 7) is 0.375. The zero-order chi connectivity index (χ0) is 16.4. The number of hydrogen-bond acceptors (Lipinski definition) is 3. The average molecular weight is 453 g/mol. The van der Waals surface area contributed by atoms with E-state index in [1.54, 1.807) is 18.2 Å². The quantitative estimate of drug-likeness (QED) is 0.315. The Labute approximate surface area is 156 Å². The molecule has 24 heavy (non-hydrogen) atoms. The van der Waals surface area contributed by atoms with Crippen molar-refractivity contribution in [1.29, 1.82) is 5.41 Å². The predicted molar refractivity (Wildman–Crippen MR) is 100 cm³/mol. The Morgan fingerprint density at radius 1 is 1.04 bits per heavy atom. The Morgan fingerprint density at radius 3 is 2.33 bits per heavy atom. The van der Waals surface area contributed by atoms with Crippen molar-refractivity contribution < 1.29 is 9.59 Å². The number of fused-ring (bicyclic) bond motifs is 1. The normalized spacial score (nSPS) is 12.8. The van der Waals surface area contributed by atoms with E-state index in [1.165, 1.54) is 4.90 Å². The van der Waals surface area contributed by atoms with Crippen molar-refractivity contribution >= 4 is 54.1 Å². The summed E-state index contributed by atoms with van der Waals surface area (Å²) in [6, 6.07) is 14.9. The molecule has 1 aliphatic rings. The van der Waals surface area contributed by atoms with Crippen molar-refractivity contribution in [1.82, 2.24) is 0 Å². The predicted octanol–water partition coefficient (Wildman–Crippen LogP) is 2.09. The second kappa shape index (κ2) is 7.75. The number of para-hydroxylation sites is 1. The molecule has 0 bridgehead atoms. The molecule has 0 spiro atoms. The van der Waals surface area contributed by atoms with E-state index >= 15 is 0 Å². The fourth-order valence-corrected chi connectivity index (χ4v) is 3.57. The van der Waals surface area contributed by atoms with Gasteiger partial charge in [0.05, 0.1) is 0 Å². The van der Waals surface area contributed by atoms with E-state index in [-0.39, 0.29) is 36.7 Å². The molecule has 0 radical (unpaired) electrons. The molecule has 0 unspecified atom stereocenters. The van der Waals surface area contributed by atoms with Gasteiger partial charge in [-0.1, -0.05) is 0 Å². The van der Waals surface area contributed by atoms with Crippen LogP contribution in [-0.2, 0) is 16.7 Å². The molecule has 0 atom stereocenters. The van der Waals surface area contributed by atoms with Gasteiger partial charge in [0.2, 0.25) is 0 Å². The Morgan fingerprint density at radius 2 is 1.67 bits per heavy atom. The summed E-state index contributed by atoms with van der Waals surface area (Å²) in [7, 11) is 0. The second-order valence-electron chi connectivity index (χ2n) is 5.21. The van der Waals surface area contributed by atoms with Gasteiger partial charge in [0.1, 0.15) is 0 Å². The molecule has 3 rings (SSSR count). The van der Waals surface area contributed by atoms with Gasteiger partial charge in [-0.3, -0.25) is 0 Å². The molecule has 1 amide bonds. The zero-order valence-electron chi connectivity index (χ0n) is 12.7. The van der Waals surface area contributed by atoms with Crippen LogP contribution in [0.3, 0.4) is 0 Å². The summed E-state index contributed by atoms with van der Waals surface area (Å²) in [6.07, 6.45) is 0. The molecule has 0 aliphatic carbocycles. The third-order valence-electron chi connectivity index (χ3n) is 3.64. The van der Waals surface area contributed by atoms with Crippen LogP contribution in [0.15, 0.2) is 48.5 Å². The van der Waals surface area contributed by atoms with Gasteiger partial charge in [-0.2, -0.15) is 0 Å². The maximum atomic E-state index is 12.2. The molecule has 3 N–H and O–H groups in total. The number of nitrogens with two attached hydrogens (primary N) is 1. The Balaban J connectivity index is 0.00000208. The van der Waals surface area contributed by atoms with E-state index in [4.69, 9.17) is 11.1 Å². The first-order valence-corrected chi connectivity index (χ1v) is 9.13. The number of Topliss-reactive ketones (excluding diaryl/α,β-unsaturated/α-hetero) is 1. The third kappa shape index (κ3) is 3.75. The number of anilines is 1. The van der Waals surface area contributed by atoms with Crippen molar-refractivity contribution in [2.45, 2.75) is 11.9 Å². The first-order valence-electron chi connectivity index (χ1n) is 7.06. The van der Waals surface area contributed by atoms with Crippen LogP contribution in [0, 0.1) is 5.41 Å². The summed E-state index contributed by atoms with van der Waals surface area (Å²) in [5, 5.41) is 8.06. The van der Waals surface area contributed by atoms with Crippen LogP contribution in [0.4, 0.5) is 5.69 Å². The zero-order valence-corrected chi connectivity index (χ0v) is 16.1. The fourth-order valence-electron chi connectivity index (χ4n) is 2.49. The van der Waals surface area contributed by atoms with Crippen molar-refractivity contribution in [3.8, 4) is 0 Å². The first-order chi connectivity index (χ1) is 11.1. The number of rotatable bonds is 5. The number of carbonyl (C=O) groups excluding carboxylic acids is 2. The molecule has 0 saturated heterocycles. The molecule has 124 valence electrons. The van der Waals surface area contributed by atoms with Crippen LogP contribution in [0.25, 0.3) is 0 Å². The molecular formula is C17H16BrN3O2Se. The molecule has 2 aromatic rings. The summed E-state index contributed by atoms with van der Waals surface area (Å²) < 4.78 is 0.236. The number of nitrogens with one attached hydrogen (secondary N) is 1. The number of amidine groups is 1. The molecule has 1 heterocycles. The molecule has 2 aromatic carbocycles. The van der Waals surface area contributed by atoms with Crippen molar-refractivity contribution in [2.24, 2.45) is 5.73 Å². The fraction of sp³-hybridized carbons (Fsp3) is 0.118. The molecule has 0 aromatic heterocycles. The van der Waals surface area contributed by atoms with Crippen LogP contribution in [0.2, 0.25) is 0 Å². The van der Waals surface area contributed by atoms with Crippen LogP contribution in [0.1, 0.15) is 21.5 Å². The molecular weight excluding hydrogens is 437 g/mol. The molecule has 5 nitrogen and oxygen atoms in total. The summed E-state index contributed by atoms with van der Waals surface area (Å²) in [5.74, 6) is -0.920. The van der Waals surface area contributed by atoms with Gasteiger partial charge < -0.3 is 0 Å². The average Bonchev–Trinajstić information content (AvgIpc) is 2.80. The van der Waals surface area contributed by atoms with E-state index in [1.807, 2.05) is 30.3 Å². The molecule has 0 saturated carbocycles. The van der Waals surface area contributed by atoms with Gasteiger partial charge in [-0.25, -0.2) is 0 Å². The number of ketones is 1. The minimum atomic E-state index is -0.477. The summed E-state index contributed by atoms with van der Waals surface area (Å²) >= 11 is -0.0161. The Hall–Kier alpha value is -1.95. The van der Waals surface area contributed by atoms with E-state index in [2.05, 4.69) is 0 Å².